The summed E-state index contributed by atoms with van der Waals surface area (Å²) in [7, 11) is 0. The number of halogens is 1. The predicted octanol–water partition coefficient (Wildman–Crippen LogP) is 3.77. The van der Waals surface area contributed by atoms with E-state index < -0.39 is 0 Å². The predicted molar refractivity (Wildman–Crippen MR) is 106 cm³/mol. The molecule has 0 radical (unpaired) electrons. The van der Waals surface area contributed by atoms with Crippen molar-refractivity contribution in [2.75, 3.05) is 6.61 Å². The highest BCUT2D eigenvalue weighted by Gasteiger charge is 2.13. The number of carbonyl (C=O) groups excluding carboxylic acids is 1. The van der Waals surface area contributed by atoms with Crippen LogP contribution in [-0.4, -0.2) is 27.0 Å². The monoisotopic (exact) mass is 389 g/mol. The lowest BCUT2D eigenvalue weighted by Crippen LogP contribution is -2.18. The number of aromatic nitrogens is 2. The number of hydrogen-bond acceptors (Lipinski definition) is 5. The first-order chi connectivity index (χ1) is 12.1. The van der Waals surface area contributed by atoms with E-state index >= 15 is 0 Å². The van der Waals surface area contributed by atoms with E-state index in [1.807, 2.05) is 54.0 Å². The molecule has 136 valence electrons. The first kappa shape index (κ1) is 20.0. The topological polar surface area (TPSA) is 67.5 Å². The highest BCUT2D eigenvalue weighted by atomic mass is 35.5. The summed E-state index contributed by atoms with van der Waals surface area (Å²) in [6, 6.07) is 13.8. The summed E-state index contributed by atoms with van der Waals surface area (Å²) in [5, 5.41) is 9.29. The van der Waals surface area contributed by atoms with Gasteiger partial charge in [-0.25, -0.2) is 4.99 Å². The van der Waals surface area contributed by atoms with Crippen molar-refractivity contribution in [3.63, 3.8) is 0 Å². The van der Waals surface area contributed by atoms with Crippen LogP contribution in [0.1, 0.15) is 22.3 Å². The third kappa shape index (κ3) is 4.27. The number of ketones is 1. The Kier molecular flexibility index (Phi) is 6.85. The molecule has 0 saturated carbocycles. The number of thiazole rings is 1. The van der Waals surface area contributed by atoms with E-state index in [1.165, 1.54) is 11.3 Å². The Morgan fingerprint density at radius 3 is 2.54 bits per heavy atom. The van der Waals surface area contributed by atoms with E-state index in [0.717, 1.165) is 17.0 Å². The van der Waals surface area contributed by atoms with Crippen LogP contribution in [0.4, 0.5) is 5.69 Å². The van der Waals surface area contributed by atoms with Crippen molar-refractivity contribution >= 4 is 35.2 Å². The summed E-state index contributed by atoms with van der Waals surface area (Å²) >= 11 is 1.34. The zero-order valence-corrected chi connectivity index (χ0v) is 16.2. The number of benzene rings is 1. The highest BCUT2D eigenvalue weighted by molar-refractivity contribution is 7.11. The molecule has 3 aromatic rings. The average Bonchev–Trinajstić information content (AvgIpc) is 2.93. The molecule has 0 atom stereocenters. The van der Waals surface area contributed by atoms with Crippen LogP contribution in [0.25, 0.3) is 11.3 Å². The molecule has 1 aromatic carbocycles. The molecule has 0 spiro atoms. The van der Waals surface area contributed by atoms with Gasteiger partial charge in [-0.05, 0) is 19.1 Å². The Morgan fingerprint density at radius 1 is 1.23 bits per heavy atom. The van der Waals surface area contributed by atoms with Gasteiger partial charge in [-0.2, -0.15) is 0 Å². The summed E-state index contributed by atoms with van der Waals surface area (Å²) in [6.45, 7) is 3.82. The summed E-state index contributed by atoms with van der Waals surface area (Å²) in [5.74, 6) is 0.00758. The Hall–Kier alpha value is -2.28. The van der Waals surface area contributed by atoms with Gasteiger partial charge in [-0.3, -0.25) is 9.78 Å². The molecule has 0 aliphatic carbocycles. The summed E-state index contributed by atoms with van der Waals surface area (Å²) < 4.78 is 1.87. The molecule has 0 saturated heterocycles. The largest absolute Gasteiger partial charge is 0.395 e. The van der Waals surface area contributed by atoms with Crippen LogP contribution in [0.3, 0.4) is 0 Å². The molecule has 5 nitrogen and oxygen atoms in total. The van der Waals surface area contributed by atoms with E-state index in [2.05, 4.69) is 9.98 Å². The highest BCUT2D eigenvalue weighted by Crippen LogP contribution is 2.20. The Balaban J connectivity index is 0.00000243. The molecule has 26 heavy (non-hydrogen) atoms. The lowest BCUT2D eigenvalue weighted by atomic mass is 10.1. The summed E-state index contributed by atoms with van der Waals surface area (Å²) in [6.07, 6.45) is 1.72. The van der Waals surface area contributed by atoms with E-state index in [-0.39, 0.29) is 24.8 Å². The van der Waals surface area contributed by atoms with E-state index in [9.17, 15) is 9.90 Å². The SMILES string of the molecule is CC(=O)c1s/c(=N\c2ccc(-c3ccccc3)nc2)n(CCO)c1C.Cl. The molecule has 0 bridgehead atoms. The van der Waals surface area contributed by atoms with Gasteiger partial charge in [0.2, 0.25) is 0 Å². The molecule has 0 aliphatic heterocycles. The van der Waals surface area contributed by atoms with Crippen LogP contribution < -0.4 is 4.80 Å². The normalized spacial score (nSPS) is 11.3. The molecule has 0 fully saturated rings. The molecule has 0 unspecified atom stereocenters. The maximum Gasteiger partial charge on any atom is 0.190 e. The first-order valence-corrected chi connectivity index (χ1v) is 8.80. The number of Topliss-reactive ketones (excluding diaryl/α,β-unsaturated/α-hetero) is 1. The minimum absolute atomic E-state index is 0. The van der Waals surface area contributed by atoms with Crippen molar-refractivity contribution in [2.24, 2.45) is 4.99 Å². The second-order valence-corrected chi connectivity index (χ2v) is 6.59. The van der Waals surface area contributed by atoms with Crippen molar-refractivity contribution in [2.45, 2.75) is 20.4 Å². The number of nitrogens with zero attached hydrogens (tertiary/aromatic N) is 3. The van der Waals surface area contributed by atoms with Crippen molar-refractivity contribution < 1.29 is 9.90 Å². The molecule has 7 heteroatoms. The minimum Gasteiger partial charge on any atom is -0.395 e. The molecular weight excluding hydrogens is 370 g/mol. The number of rotatable bonds is 5. The fourth-order valence-corrected chi connectivity index (χ4v) is 3.68. The second-order valence-electron chi connectivity index (χ2n) is 5.61. The fraction of sp³-hybridized carbons (Fsp3) is 0.211. The average molecular weight is 390 g/mol. The maximum atomic E-state index is 11.8. The summed E-state index contributed by atoms with van der Waals surface area (Å²) in [5.41, 5.74) is 3.48. The van der Waals surface area contributed by atoms with E-state index in [1.54, 1.807) is 13.1 Å². The molecular formula is C19H20ClN3O2S. The third-order valence-electron chi connectivity index (χ3n) is 3.84. The Bertz CT molecular complexity index is 947. The molecule has 0 aliphatic rings. The quantitative estimate of drug-likeness (QED) is 0.675. The molecule has 2 heterocycles. The van der Waals surface area contributed by atoms with Gasteiger partial charge >= 0.3 is 0 Å². The van der Waals surface area contributed by atoms with Crippen molar-refractivity contribution in [3.05, 3.63) is 64.0 Å². The molecule has 3 rings (SSSR count). The number of carbonyl (C=O) groups is 1. The zero-order valence-electron chi connectivity index (χ0n) is 14.5. The molecule has 2 aromatic heterocycles. The standard InChI is InChI=1S/C19H19N3O2S.ClH/c1-13-18(14(2)24)25-19(22(13)10-11-23)21-16-8-9-17(20-12-16)15-6-4-3-5-7-15;/h3-9,12,23H,10-11H2,1-2H3;1H/b21-19-;. The smallest absolute Gasteiger partial charge is 0.190 e. The second kappa shape index (κ2) is 8.89. The zero-order chi connectivity index (χ0) is 17.8. The van der Waals surface area contributed by atoms with E-state index in [4.69, 9.17) is 0 Å². The first-order valence-electron chi connectivity index (χ1n) is 7.98. The lowest BCUT2D eigenvalue weighted by Gasteiger charge is -2.04. The number of pyridine rings is 1. The van der Waals surface area contributed by atoms with Gasteiger partial charge in [0, 0.05) is 24.7 Å². The molecule has 1 N–H and O–H groups in total. The van der Waals surface area contributed by atoms with Crippen molar-refractivity contribution in [1.82, 2.24) is 9.55 Å². The van der Waals surface area contributed by atoms with Crippen molar-refractivity contribution in [3.8, 4) is 11.3 Å². The Morgan fingerprint density at radius 2 is 1.96 bits per heavy atom. The maximum absolute atomic E-state index is 11.8. The van der Waals surface area contributed by atoms with Gasteiger partial charge < -0.3 is 9.67 Å². The number of aliphatic hydroxyl groups excluding tert-OH is 1. The van der Waals surface area contributed by atoms with Crippen LogP contribution in [0.2, 0.25) is 0 Å². The van der Waals surface area contributed by atoms with Crippen molar-refractivity contribution in [1.29, 1.82) is 0 Å². The van der Waals surface area contributed by atoms with Crippen LogP contribution in [0.5, 0.6) is 0 Å². The van der Waals surface area contributed by atoms with E-state index in [0.29, 0.717) is 21.9 Å². The number of aliphatic hydroxyl groups is 1. The van der Waals surface area contributed by atoms with Gasteiger partial charge in [0.25, 0.3) is 0 Å². The van der Waals surface area contributed by atoms with Gasteiger partial charge in [0.05, 0.1) is 29.1 Å². The van der Waals surface area contributed by atoms with Crippen LogP contribution in [-0.2, 0) is 6.54 Å². The Labute approximate surface area is 162 Å². The lowest BCUT2D eigenvalue weighted by molar-refractivity contribution is 0.102. The summed E-state index contributed by atoms with van der Waals surface area (Å²) in [4.78, 5) is 22.2. The van der Waals surface area contributed by atoms with Crippen LogP contribution >= 0.6 is 23.7 Å². The molecule has 0 amide bonds. The van der Waals surface area contributed by atoms with Crippen LogP contribution in [0.15, 0.2) is 53.7 Å². The van der Waals surface area contributed by atoms with Gasteiger partial charge in [0.15, 0.2) is 10.6 Å². The van der Waals surface area contributed by atoms with Gasteiger partial charge in [0.1, 0.15) is 0 Å². The fourth-order valence-electron chi connectivity index (χ4n) is 2.60. The van der Waals surface area contributed by atoms with Gasteiger partial charge in [-0.15, -0.1) is 12.4 Å². The number of hydrogen-bond donors (Lipinski definition) is 1. The minimum atomic E-state index is -0.00665. The third-order valence-corrected chi connectivity index (χ3v) is 5.12. The van der Waals surface area contributed by atoms with Gasteiger partial charge in [-0.1, -0.05) is 41.7 Å². The van der Waals surface area contributed by atoms with Crippen LogP contribution in [0, 0.1) is 6.92 Å².